The van der Waals surface area contributed by atoms with Gasteiger partial charge in [0.25, 0.3) is 21.8 Å². The van der Waals surface area contributed by atoms with E-state index in [0.29, 0.717) is 24.0 Å². The quantitative estimate of drug-likeness (QED) is 0.757. The minimum absolute atomic E-state index is 0.0989. The van der Waals surface area contributed by atoms with Crippen LogP contribution in [0.1, 0.15) is 40.5 Å². The number of rotatable bonds is 3. The fourth-order valence-corrected chi connectivity index (χ4v) is 5.61. The van der Waals surface area contributed by atoms with Crippen molar-refractivity contribution in [2.75, 3.05) is 6.54 Å². The molecule has 0 unspecified atom stereocenters. The van der Waals surface area contributed by atoms with Gasteiger partial charge in [0.05, 0.1) is 23.3 Å². The second kappa shape index (κ2) is 7.33. The Balaban J connectivity index is 1.63. The highest BCUT2D eigenvalue weighted by Gasteiger charge is 2.45. The molecule has 8 nitrogen and oxygen atoms in total. The Hall–Kier alpha value is -2.62. The van der Waals surface area contributed by atoms with Crippen LogP contribution in [-0.2, 0) is 10.0 Å². The number of carbonyl (C=O) groups excluding carboxylic acids is 2. The topological polar surface area (TPSA) is 108 Å². The van der Waals surface area contributed by atoms with Crippen molar-refractivity contribution in [3.8, 4) is 0 Å². The predicted molar refractivity (Wildman–Crippen MR) is 104 cm³/mol. The van der Waals surface area contributed by atoms with Gasteiger partial charge < -0.3 is 5.11 Å². The number of carbonyl (C=O) groups is 2. The maximum absolute atomic E-state index is 13.0. The Kier molecular flexibility index (Phi) is 4.97. The zero-order valence-corrected chi connectivity index (χ0v) is 16.6. The summed E-state index contributed by atoms with van der Waals surface area (Å²) in [5, 5.41) is 10.8. The van der Waals surface area contributed by atoms with Crippen LogP contribution in [0, 0.1) is 0 Å². The van der Waals surface area contributed by atoms with Crippen molar-refractivity contribution < 1.29 is 23.1 Å². The molecule has 3 heterocycles. The van der Waals surface area contributed by atoms with Gasteiger partial charge in [0.2, 0.25) is 0 Å². The first kappa shape index (κ1) is 19.7. The van der Waals surface area contributed by atoms with Crippen LogP contribution in [0.5, 0.6) is 0 Å². The summed E-state index contributed by atoms with van der Waals surface area (Å²) < 4.78 is 27.3. The summed E-state index contributed by atoms with van der Waals surface area (Å²) in [5.74, 6) is -0.910. The van der Waals surface area contributed by atoms with Crippen molar-refractivity contribution in [3.05, 3.63) is 59.8 Å². The number of nitrogens with zero attached hydrogens (tertiary/aromatic N) is 3. The molecule has 1 N–H and O–H groups in total. The Bertz CT molecular complexity index is 1020. The summed E-state index contributed by atoms with van der Waals surface area (Å²) >= 11 is 0. The third kappa shape index (κ3) is 3.25. The number of β-amino-alcohol motifs (C(OH)–C–C–N with tert-alkyl or cyclic N) is 1. The molecular weight excluding hydrogens is 394 g/mol. The lowest BCUT2D eigenvalue weighted by Crippen LogP contribution is -2.50. The van der Waals surface area contributed by atoms with Crippen molar-refractivity contribution in [1.29, 1.82) is 0 Å². The molecule has 152 valence electrons. The van der Waals surface area contributed by atoms with Gasteiger partial charge in [-0.15, -0.1) is 0 Å². The van der Waals surface area contributed by atoms with Gasteiger partial charge in [-0.2, -0.15) is 4.31 Å². The van der Waals surface area contributed by atoms with Crippen molar-refractivity contribution in [2.24, 2.45) is 0 Å². The van der Waals surface area contributed by atoms with Gasteiger partial charge in [-0.1, -0.05) is 18.2 Å². The maximum Gasteiger partial charge on any atom is 0.261 e. The number of hydrogen-bond acceptors (Lipinski definition) is 6. The Morgan fingerprint density at radius 2 is 1.62 bits per heavy atom. The molecule has 0 saturated carbocycles. The summed E-state index contributed by atoms with van der Waals surface area (Å²) in [5.41, 5.74) is 0.611. The molecule has 1 aromatic heterocycles. The van der Waals surface area contributed by atoms with Crippen LogP contribution in [0.2, 0.25) is 0 Å². The monoisotopic (exact) mass is 415 g/mol. The standard InChI is InChI=1S/C20H21N3O5S/c1-13-9-10-16(23-19(25)14-6-2-3-7-15(14)20(23)26)17(24)12-22(13)29(27,28)18-8-4-5-11-21-18/h2-8,11,13,16-17,24H,9-10,12H2,1H3/t13-,16+,17+/m1/s1. The number of aliphatic hydroxyl groups is 1. The van der Waals surface area contributed by atoms with E-state index in [0.717, 1.165) is 4.90 Å². The van der Waals surface area contributed by atoms with Crippen molar-refractivity contribution in [2.45, 2.75) is 43.0 Å². The molecule has 2 aliphatic rings. The number of fused-ring (bicyclic) bond motifs is 1. The average Bonchev–Trinajstić information content (AvgIpc) is 2.87. The third-order valence-electron chi connectivity index (χ3n) is 5.55. The smallest absolute Gasteiger partial charge is 0.261 e. The van der Waals surface area contributed by atoms with Crippen LogP contribution in [0.15, 0.2) is 53.7 Å². The van der Waals surface area contributed by atoms with E-state index in [9.17, 15) is 23.1 Å². The molecule has 3 atom stereocenters. The highest BCUT2D eigenvalue weighted by molar-refractivity contribution is 7.89. The SMILES string of the molecule is C[C@@H]1CC[C@H](N2C(=O)c3ccccc3C2=O)[C@@H](O)CN1S(=O)(=O)c1ccccn1. The van der Waals surface area contributed by atoms with E-state index in [1.165, 1.54) is 16.6 Å². The second-order valence-corrected chi connectivity index (χ2v) is 9.17. The van der Waals surface area contributed by atoms with E-state index in [4.69, 9.17) is 0 Å². The molecule has 4 rings (SSSR count). The lowest BCUT2D eigenvalue weighted by Gasteiger charge is -2.30. The van der Waals surface area contributed by atoms with Gasteiger partial charge >= 0.3 is 0 Å². The number of aromatic nitrogens is 1. The number of aliphatic hydroxyl groups excluding tert-OH is 1. The van der Waals surface area contributed by atoms with Crippen LogP contribution >= 0.6 is 0 Å². The molecule has 2 aliphatic heterocycles. The van der Waals surface area contributed by atoms with Crippen molar-refractivity contribution in [1.82, 2.24) is 14.2 Å². The zero-order chi connectivity index (χ0) is 20.8. The highest BCUT2D eigenvalue weighted by Crippen LogP contribution is 2.31. The molecule has 0 spiro atoms. The fourth-order valence-electron chi connectivity index (χ4n) is 4.00. The molecule has 29 heavy (non-hydrogen) atoms. The molecule has 1 fully saturated rings. The normalized spacial score (nSPS) is 25.7. The van der Waals surface area contributed by atoms with Crippen LogP contribution in [0.25, 0.3) is 0 Å². The van der Waals surface area contributed by atoms with E-state index in [2.05, 4.69) is 4.98 Å². The van der Waals surface area contributed by atoms with Crippen molar-refractivity contribution >= 4 is 21.8 Å². The third-order valence-corrected chi connectivity index (χ3v) is 7.45. The summed E-state index contributed by atoms with van der Waals surface area (Å²) in [4.78, 5) is 30.6. The summed E-state index contributed by atoms with van der Waals surface area (Å²) in [7, 11) is -3.92. The molecule has 0 aliphatic carbocycles. The molecule has 2 aromatic rings. The summed E-state index contributed by atoms with van der Waals surface area (Å²) in [6.07, 6.45) is 0.886. The molecule has 9 heteroatoms. The van der Waals surface area contributed by atoms with E-state index < -0.39 is 40.0 Å². The number of sulfonamides is 1. The van der Waals surface area contributed by atoms with E-state index in [-0.39, 0.29) is 11.6 Å². The first-order chi connectivity index (χ1) is 13.8. The van der Waals surface area contributed by atoms with Crippen molar-refractivity contribution in [3.63, 3.8) is 0 Å². The fraction of sp³-hybridized carbons (Fsp3) is 0.350. The van der Waals surface area contributed by atoms with Gasteiger partial charge in [-0.3, -0.25) is 14.5 Å². The number of benzene rings is 1. The van der Waals surface area contributed by atoms with E-state index in [1.54, 1.807) is 43.3 Å². The van der Waals surface area contributed by atoms with Crippen LogP contribution < -0.4 is 0 Å². The first-order valence-electron chi connectivity index (χ1n) is 9.40. The summed E-state index contributed by atoms with van der Waals surface area (Å²) in [6.45, 7) is 1.52. The van der Waals surface area contributed by atoms with Gasteiger partial charge in [-0.05, 0) is 44.0 Å². The highest BCUT2D eigenvalue weighted by atomic mass is 32.2. The van der Waals surface area contributed by atoms with Gasteiger partial charge in [0, 0.05) is 18.8 Å². The number of imide groups is 1. The average molecular weight is 415 g/mol. The molecule has 1 saturated heterocycles. The van der Waals surface area contributed by atoms with Crippen LogP contribution in [0.3, 0.4) is 0 Å². The van der Waals surface area contributed by atoms with Crippen LogP contribution in [-0.4, -0.2) is 64.3 Å². The minimum Gasteiger partial charge on any atom is -0.390 e. The Labute approximate surface area is 168 Å². The second-order valence-electron chi connectivity index (χ2n) is 7.33. The number of amides is 2. The molecule has 2 amide bonds. The first-order valence-corrected chi connectivity index (χ1v) is 10.8. The summed E-state index contributed by atoms with van der Waals surface area (Å²) in [6, 6.07) is 9.92. The Morgan fingerprint density at radius 3 is 2.21 bits per heavy atom. The zero-order valence-electron chi connectivity index (χ0n) is 15.8. The van der Waals surface area contributed by atoms with Gasteiger partial charge in [-0.25, -0.2) is 13.4 Å². The largest absolute Gasteiger partial charge is 0.390 e. The lowest BCUT2D eigenvalue weighted by atomic mass is 10.0. The van der Waals surface area contributed by atoms with Gasteiger partial charge in [0.1, 0.15) is 0 Å². The van der Waals surface area contributed by atoms with E-state index in [1.807, 2.05) is 0 Å². The minimum atomic E-state index is -3.92. The molecule has 1 aromatic carbocycles. The number of pyridine rings is 1. The van der Waals surface area contributed by atoms with E-state index >= 15 is 0 Å². The van der Waals surface area contributed by atoms with Gasteiger partial charge in [0.15, 0.2) is 5.03 Å². The molecule has 0 radical (unpaired) electrons. The molecule has 0 bridgehead atoms. The molecular formula is C20H21N3O5S. The number of hydrogen-bond donors (Lipinski definition) is 1. The lowest BCUT2D eigenvalue weighted by molar-refractivity contribution is 0.0320. The predicted octanol–water partition coefficient (Wildman–Crippen LogP) is 1.28. The van der Waals surface area contributed by atoms with Crippen LogP contribution in [0.4, 0.5) is 0 Å². The maximum atomic E-state index is 13.0. The Morgan fingerprint density at radius 1 is 1.00 bits per heavy atom.